The van der Waals surface area contributed by atoms with Crippen LogP contribution in [0.25, 0.3) is 0 Å². The number of carboxylic acids is 1. The molecule has 1 aromatic rings. The lowest BCUT2D eigenvalue weighted by Crippen LogP contribution is -2.35. The van der Waals surface area contributed by atoms with Gasteiger partial charge in [-0.25, -0.2) is 0 Å². The van der Waals surface area contributed by atoms with Gasteiger partial charge in [-0.1, -0.05) is 18.6 Å². The maximum absolute atomic E-state index is 12.8. The number of para-hydroxylation sites is 2. The summed E-state index contributed by atoms with van der Waals surface area (Å²) >= 11 is 0. The summed E-state index contributed by atoms with van der Waals surface area (Å²) in [5.41, 5.74) is 7.11. The first-order valence-corrected chi connectivity index (χ1v) is 7.47. The minimum atomic E-state index is -0.904. The van der Waals surface area contributed by atoms with Crippen molar-refractivity contribution in [1.82, 2.24) is 0 Å². The maximum Gasteiger partial charge on any atom is 0.305 e. The van der Waals surface area contributed by atoms with Crippen molar-refractivity contribution in [3.63, 3.8) is 0 Å². The number of rotatable bonds is 5. The van der Waals surface area contributed by atoms with E-state index < -0.39 is 5.97 Å². The number of aliphatic carboxylic acids is 1. The van der Waals surface area contributed by atoms with Crippen molar-refractivity contribution < 1.29 is 14.7 Å². The summed E-state index contributed by atoms with van der Waals surface area (Å²) in [4.78, 5) is 25.2. The van der Waals surface area contributed by atoms with Crippen LogP contribution < -0.4 is 10.6 Å². The smallest absolute Gasteiger partial charge is 0.305 e. The molecule has 2 aliphatic carbocycles. The number of hydrogen-bond acceptors (Lipinski definition) is 3. The number of fused-ring (bicyclic) bond motifs is 1. The molecular weight excluding hydrogens is 268 g/mol. The SMILES string of the molecule is Nc1ccccc1N(CCC(=O)O)C(=O)C1C2CCCC21. The Morgan fingerprint density at radius 2 is 1.90 bits per heavy atom. The number of nitrogens with zero attached hydrogens (tertiary/aromatic N) is 1. The first-order chi connectivity index (χ1) is 10.1. The van der Waals surface area contributed by atoms with Gasteiger partial charge in [-0.2, -0.15) is 0 Å². The summed E-state index contributed by atoms with van der Waals surface area (Å²) in [5.74, 6) is 0.235. The zero-order valence-corrected chi connectivity index (χ0v) is 11.9. The zero-order valence-electron chi connectivity index (χ0n) is 11.9. The number of hydrogen-bond donors (Lipinski definition) is 2. The Balaban J connectivity index is 1.80. The highest BCUT2D eigenvalue weighted by Gasteiger charge is 2.57. The van der Waals surface area contributed by atoms with Crippen molar-refractivity contribution in [1.29, 1.82) is 0 Å². The van der Waals surface area contributed by atoms with Gasteiger partial charge in [0.15, 0.2) is 0 Å². The van der Waals surface area contributed by atoms with Crippen LogP contribution in [-0.2, 0) is 9.59 Å². The van der Waals surface area contributed by atoms with Crippen LogP contribution in [0.5, 0.6) is 0 Å². The Morgan fingerprint density at radius 1 is 1.24 bits per heavy atom. The largest absolute Gasteiger partial charge is 0.481 e. The molecule has 0 aliphatic heterocycles. The molecule has 0 heterocycles. The molecule has 2 fully saturated rings. The number of nitrogen functional groups attached to an aromatic ring is 1. The fraction of sp³-hybridized carbons (Fsp3) is 0.500. The van der Waals surface area contributed by atoms with Crippen LogP contribution in [-0.4, -0.2) is 23.5 Å². The molecule has 2 saturated carbocycles. The molecule has 1 aromatic carbocycles. The van der Waals surface area contributed by atoms with Crippen molar-refractivity contribution in [2.45, 2.75) is 25.7 Å². The summed E-state index contributed by atoms with van der Waals surface area (Å²) in [7, 11) is 0. The summed E-state index contributed by atoms with van der Waals surface area (Å²) in [6, 6.07) is 7.16. The number of benzene rings is 1. The second-order valence-electron chi connectivity index (χ2n) is 5.98. The third kappa shape index (κ3) is 2.60. The van der Waals surface area contributed by atoms with E-state index in [1.807, 2.05) is 12.1 Å². The number of carbonyl (C=O) groups excluding carboxylic acids is 1. The van der Waals surface area contributed by atoms with E-state index in [1.165, 1.54) is 6.42 Å². The summed E-state index contributed by atoms with van der Waals surface area (Å²) < 4.78 is 0. The van der Waals surface area contributed by atoms with E-state index in [9.17, 15) is 9.59 Å². The van der Waals surface area contributed by atoms with E-state index in [-0.39, 0.29) is 24.8 Å². The number of nitrogens with two attached hydrogens (primary N) is 1. The molecule has 3 N–H and O–H groups in total. The fourth-order valence-corrected chi connectivity index (χ4v) is 3.66. The Morgan fingerprint density at radius 3 is 2.52 bits per heavy atom. The van der Waals surface area contributed by atoms with E-state index in [4.69, 9.17) is 10.8 Å². The number of carboxylic acid groups (broad SMARTS) is 1. The maximum atomic E-state index is 12.8. The van der Waals surface area contributed by atoms with Crippen LogP contribution in [0, 0.1) is 17.8 Å². The molecule has 5 nitrogen and oxygen atoms in total. The van der Waals surface area contributed by atoms with Crippen LogP contribution in [0.15, 0.2) is 24.3 Å². The first kappa shape index (κ1) is 13.9. The van der Waals surface area contributed by atoms with Crippen LogP contribution >= 0.6 is 0 Å². The Bertz CT molecular complexity index is 562. The molecular formula is C16H20N2O3. The molecule has 112 valence electrons. The quantitative estimate of drug-likeness (QED) is 0.813. The van der Waals surface area contributed by atoms with E-state index in [0.717, 1.165) is 12.8 Å². The van der Waals surface area contributed by atoms with Gasteiger partial charge in [-0.15, -0.1) is 0 Å². The van der Waals surface area contributed by atoms with Gasteiger partial charge in [0, 0.05) is 12.5 Å². The lowest BCUT2D eigenvalue weighted by molar-refractivity contribution is -0.136. The van der Waals surface area contributed by atoms with Crippen molar-refractivity contribution >= 4 is 23.3 Å². The van der Waals surface area contributed by atoms with Gasteiger partial charge >= 0.3 is 5.97 Å². The topological polar surface area (TPSA) is 83.6 Å². The molecule has 0 spiro atoms. The van der Waals surface area contributed by atoms with Crippen molar-refractivity contribution in [2.75, 3.05) is 17.2 Å². The monoisotopic (exact) mass is 288 g/mol. The Hall–Kier alpha value is -2.04. The summed E-state index contributed by atoms with van der Waals surface area (Å²) in [5, 5.41) is 8.91. The average molecular weight is 288 g/mol. The van der Waals surface area contributed by atoms with Gasteiger partial charge in [-0.3, -0.25) is 9.59 Å². The minimum Gasteiger partial charge on any atom is -0.481 e. The summed E-state index contributed by atoms with van der Waals surface area (Å²) in [6.45, 7) is 0.179. The molecule has 0 radical (unpaired) electrons. The first-order valence-electron chi connectivity index (χ1n) is 7.47. The molecule has 0 bridgehead atoms. The predicted molar refractivity (Wildman–Crippen MR) is 79.8 cm³/mol. The number of anilines is 2. The summed E-state index contributed by atoms with van der Waals surface area (Å²) in [6.07, 6.45) is 3.39. The van der Waals surface area contributed by atoms with E-state index in [0.29, 0.717) is 23.2 Å². The molecule has 2 unspecified atom stereocenters. The van der Waals surface area contributed by atoms with E-state index in [1.54, 1.807) is 17.0 Å². The van der Waals surface area contributed by atoms with Gasteiger partial charge < -0.3 is 15.7 Å². The highest BCUT2D eigenvalue weighted by atomic mass is 16.4. The molecule has 0 saturated heterocycles. The third-order valence-corrected chi connectivity index (χ3v) is 4.73. The highest BCUT2D eigenvalue weighted by Crippen LogP contribution is 2.58. The lowest BCUT2D eigenvalue weighted by Gasteiger charge is -2.24. The van der Waals surface area contributed by atoms with Crippen molar-refractivity contribution in [2.24, 2.45) is 17.8 Å². The molecule has 2 atom stereocenters. The fourth-order valence-electron chi connectivity index (χ4n) is 3.66. The lowest BCUT2D eigenvalue weighted by atomic mass is 10.1. The average Bonchev–Trinajstić information content (AvgIpc) is 2.93. The molecule has 5 heteroatoms. The molecule has 21 heavy (non-hydrogen) atoms. The van der Waals surface area contributed by atoms with Gasteiger partial charge in [0.2, 0.25) is 5.91 Å². The highest BCUT2D eigenvalue weighted by molar-refractivity contribution is 6.00. The normalized spacial score (nSPS) is 26.2. The molecule has 0 aromatic heterocycles. The zero-order chi connectivity index (χ0) is 15.0. The molecule has 2 aliphatic rings. The molecule has 3 rings (SSSR count). The third-order valence-electron chi connectivity index (χ3n) is 4.73. The van der Waals surface area contributed by atoms with Crippen LogP contribution in [0.1, 0.15) is 25.7 Å². The van der Waals surface area contributed by atoms with E-state index in [2.05, 4.69) is 0 Å². The second-order valence-corrected chi connectivity index (χ2v) is 5.98. The molecule has 1 amide bonds. The van der Waals surface area contributed by atoms with Gasteiger partial charge in [-0.05, 0) is 36.8 Å². The Kier molecular flexibility index (Phi) is 3.57. The number of carbonyl (C=O) groups is 2. The number of amides is 1. The minimum absolute atomic E-state index is 0.0452. The van der Waals surface area contributed by atoms with Gasteiger partial charge in [0.1, 0.15) is 0 Å². The second kappa shape index (κ2) is 5.39. The van der Waals surface area contributed by atoms with Crippen molar-refractivity contribution in [3.8, 4) is 0 Å². The predicted octanol–water partition coefficient (Wildman–Crippen LogP) is 2.12. The Labute approximate surface area is 123 Å². The van der Waals surface area contributed by atoms with Gasteiger partial charge in [0.05, 0.1) is 17.8 Å². The van der Waals surface area contributed by atoms with Crippen LogP contribution in [0.2, 0.25) is 0 Å². The standard InChI is InChI=1S/C16H20N2O3/c17-12-6-1-2-7-13(12)18(9-8-14(19)20)16(21)15-10-4-3-5-11(10)15/h1-2,6-7,10-11,15H,3-5,8-9,17H2,(H,19,20). The van der Waals surface area contributed by atoms with E-state index >= 15 is 0 Å². The van der Waals surface area contributed by atoms with Crippen LogP contribution in [0.4, 0.5) is 11.4 Å². The van der Waals surface area contributed by atoms with Crippen LogP contribution in [0.3, 0.4) is 0 Å². The van der Waals surface area contributed by atoms with Crippen molar-refractivity contribution in [3.05, 3.63) is 24.3 Å². The van der Waals surface area contributed by atoms with Gasteiger partial charge in [0.25, 0.3) is 0 Å².